The van der Waals surface area contributed by atoms with Gasteiger partial charge in [-0.05, 0) is 32.4 Å². The molecule has 2 heterocycles. The molecule has 1 aliphatic heterocycles. The molecule has 3 rings (SSSR count). The highest BCUT2D eigenvalue weighted by Crippen LogP contribution is 2.21. The van der Waals surface area contributed by atoms with Gasteiger partial charge in [-0.15, -0.1) is 0 Å². The van der Waals surface area contributed by atoms with Crippen molar-refractivity contribution in [3.63, 3.8) is 0 Å². The summed E-state index contributed by atoms with van der Waals surface area (Å²) >= 11 is 0. The number of ether oxygens (including phenoxy) is 1. The zero-order valence-corrected chi connectivity index (χ0v) is 16.1. The molecule has 0 aliphatic carbocycles. The van der Waals surface area contributed by atoms with Crippen LogP contribution in [0.1, 0.15) is 30.6 Å². The van der Waals surface area contributed by atoms with Crippen LogP contribution >= 0.6 is 0 Å². The van der Waals surface area contributed by atoms with Gasteiger partial charge in [0, 0.05) is 24.2 Å². The van der Waals surface area contributed by atoms with Gasteiger partial charge in [-0.3, -0.25) is 9.78 Å². The molecule has 1 aromatic heterocycles. The SMILES string of the molecule is CCN(C(=O)[C@@H](C)OC(=O)c1cccc2cccnc12)[C@@H]1CCS(=O)(=O)C1. The van der Waals surface area contributed by atoms with Crippen LogP contribution in [0.2, 0.25) is 0 Å². The molecule has 1 amide bonds. The number of aromatic nitrogens is 1. The number of benzene rings is 1. The number of rotatable bonds is 5. The minimum Gasteiger partial charge on any atom is -0.449 e. The number of pyridine rings is 1. The van der Waals surface area contributed by atoms with Crippen LogP contribution in [0.15, 0.2) is 36.5 Å². The molecule has 2 atom stereocenters. The molecule has 1 aliphatic rings. The second-order valence-corrected chi connectivity index (χ2v) is 8.84. The highest BCUT2D eigenvalue weighted by molar-refractivity contribution is 7.91. The lowest BCUT2D eigenvalue weighted by Gasteiger charge is -2.29. The molecule has 0 bridgehead atoms. The molecular weight excluding hydrogens is 368 g/mol. The summed E-state index contributed by atoms with van der Waals surface area (Å²) in [5.41, 5.74) is 0.804. The fourth-order valence-electron chi connectivity index (χ4n) is 3.39. The Morgan fingerprint density at radius 2 is 2.04 bits per heavy atom. The first-order valence-corrected chi connectivity index (χ1v) is 10.7. The predicted octanol–water partition coefficient (Wildman–Crippen LogP) is 1.82. The highest BCUT2D eigenvalue weighted by atomic mass is 32.2. The summed E-state index contributed by atoms with van der Waals surface area (Å²) in [5.74, 6) is -0.978. The van der Waals surface area contributed by atoms with E-state index in [1.54, 1.807) is 31.3 Å². The molecule has 0 N–H and O–H groups in total. The zero-order valence-electron chi connectivity index (χ0n) is 15.3. The van der Waals surface area contributed by atoms with Crippen LogP contribution in [0, 0.1) is 0 Å². The number of fused-ring (bicyclic) bond motifs is 1. The molecule has 0 unspecified atom stereocenters. The average molecular weight is 390 g/mol. The number of nitrogens with zero attached hydrogens (tertiary/aromatic N) is 2. The molecule has 27 heavy (non-hydrogen) atoms. The van der Waals surface area contributed by atoms with Gasteiger partial charge in [0.2, 0.25) is 0 Å². The van der Waals surface area contributed by atoms with Crippen LogP contribution in [0.25, 0.3) is 10.9 Å². The van der Waals surface area contributed by atoms with Gasteiger partial charge in [-0.1, -0.05) is 18.2 Å². The Bertz CT molecular complexity index is 968. The molecule has 1 fully saturated rings. The van der Waals surface area contributed by atoms with E-state index in [1.165, 1.54) is 11.8 Å². The van der Waals surface area contributed by atoms with Crippen molar-refractivity contribution in [1.82, 2.24) is 9.88 Å². The van der Waals surface area contributed by atoms with Gasteiger partial charge in [0.05, 0.1) is 22.6 Å². The normalized spacial score (nSPS) is 19.6. The molecule has 1 aromatic carbocycles. The average Bonchev–Trinajstić information content (AvgIpc) is 3.01. The van der Waals surface area contributed by atoms with E-state index in [1.807, 2.05) is 12.1 Å². The first-order valence-electron chi connectivity index (χ1n) is 8.88. The monoisotopic (exact) mass is 390 g/mol. The molecule has 7 nitrogen and oxygen atoms in total. The molecule has 0 radical (unpaired) electrons. The van der Waals surface area contributed by atoms with E-state index < -0.39 is 21.9 Å². The van der Waals surface area contributed by atoms with Gasteiger partial charge >= 0.3 is 5.97 Å². The summed E-state index contributed by atoms with van der Waals surface area (Å²) in [4.78, 5) is 31.0. The van der Waals surface area contributed by atoms with Gasteiger partial charge in [0.1, 0.15) is 0 Å². The summed E-state index contributed by atoms with van der Waals surface area (Å²) in [5, 5.41) is 0.803. The summed E-state index contributed by atoms with van der Waals surface area (Å²) in [6.45, 7) is 3.65. The van der Waals surface area contributed by atoms with Gasteiger partial charge in [-0.25, -0.2) is 13.2 Å². The maximum atomic E-state index is 12.7. The number of sulfone groups is 1. The Kier molecular flexibility index (Phi) is 5.46. The lowest BCUT2D eigenvalue weighted by atomic mass is 10.1. The number of hydrogen-bond acceptors (Lipinski definition) is 6. The Balaban J connectivity index is 1.74. The van der Waals surface area contributed by atoms with E-state index in [-0.39, 0.29) is 23.5 Å². The molecule has 1 saturated heterocycles. The van der Waals surface area contributed by atoms with E-state index in [0.29, 0.717) is 24.0 Å². The van der Waals surface area contributed by atoms with Crippen molar-refractivity contribution in [3.05, 3.63) is 42.1 Å². The van der Waals surface area contributed by atoms with Crippen molar-refractivity contribution in [2.45, 2.75) is 32.4 Å². The topological polar surface area (TPSA) is 93.6 Å². The number of carbonyl (C=O) groups excluding carboxylic acids is 2. The Labute approximate surface area is 158 Å². The van der Waals surface area contributed by atoms with Crippen LogP contribution in [0.4, 0.5) is 0 Å². The summed E-state index contributed by atoms with van der Waals surface area (Å²) < 4.78 is 28.8. The standard InChI is InChI=1S/C19H22N2O5S/c1-3-21(15-9-11-27(24,25)12-15)18(22)13(2)26-19(23)16-8-4-6-14-7-5-10-20-17(14)16/h4-8,10,13,15H,3,9,11-12H2,1-2H3/t13-,15-/m1/s1. The first-order chi connectivity index (χ1) is 12.8. The van der Waals surface area contributed by atoms with Crippen molar-refractivity contribution >= 4 is 32.6 Å². The third-order valence-corrected chi connectivity index (χ3v) is 6.51. The molecular formula is C19H22N2O5S. The van der Waals surface area contributed by atoms with E-state index in [9.17, 15) is 18.0 Å². The van der Waals surface area contributed by atoms with Crippen molar-refractivity contribution in [1.29, 1.82) is 0 Å². The van der Waals surface area contributed by atoms with E-state index in [0.717, 1.165) is 5.39 Å². The second kappa shape index (κ2) is 7.64. The van der Waals surface area contributed by atoms with Crippen molar-refractivity contribution < 1.29 is 22.7 Å². The summed E-state index contributed by atoms with van der Waals surface area (Å²) in [6.07, 6.45) is 0.989. The number of amides is 1. The van der Waals surface area contributed by atoms with Gasteiger partial charge in [-0.2, -0.15) is 0 Å². The van der Waals surface area contributed by atoms with E-state index in [2.05, 4.69) is 4.98 Å². The van der Waals surface area contributed by atoms with Crippen molar-refractivity contribution in [2.24, 2.45) is 0 Å². The minimum atomic E-state index is -3.11. The van der Waals surface area contributed by atoms with Crippen LogP contribution in [-0.2, 0) is 19.4 Å². The van der Waals surface area contributed by atoms with E-state index >= 15 is 0 Å². The Morgan fingerprint density at radius 1 is 1.30 bits per heavy atom. The number of hydrogen-bond donors (Lipinski definition) is 0. The first kappa shape index (κ1) is 19.3. The number of para-hydroxylation sites is 1. The van der Waals surface area contributed by atoms with Gasteiger partial charge < -0.3 is 9.64 Å². The fourth-order valence-corrected chi connectivity index (χ4v) is 5.12. The quantitative estimate of drug-likeness (QED) is 0.723. The zero-order chi connectivity index (χ0) is 19.6. The predicted molar refractivity (Wildman–Crippen MR) is 101 cm³/mol. The Morgan fingerprint density at radius 3 is 2.70 bits per heavy atom. The summed E-state index contributed by atoms with van der Waals surface area (Å²) in [6, 6.07) is 8.43. The largest absolute Gasteiger partial charge is 0.449 e. The van der Waals surface area contributed by atoms with Crippen LogP contribution in [0.3, 0.4) is 0 Å². The summed E-state index contributed by atoms with van der Waals surface area (Å²) in [7, 11) is -3.11. The van der Waals surface area contributed by atoms with Crippen molar-refractivity contribution in [3.8, 4) is 0 Å². The molecule has 0 spiro atoms. The van der Waals surface area contributed by atoms with Crippen LogP contribution in [0.5, 0.6) is 0 Å². The highest BCUT2D eigenvalue weighted by Gasteiger charge is 2.36. The maximum absolute atomic E-state index is 12.7. The van der Waals surface area contributed by atoms with Crippen LogP contribution in [-0.4, -0.2) is 60.4 Å². The molecule has 2 aromatic rings. The third kappa shape index (κ3) is 4.10. The fraction of sp³-hybridized carbons (Fsp3) is 0.421. The van der Waals surface area contributed by atoms with Gasteiger partial charge in [0.15, 0.2) is 15.9 Å². The number of likely N-dealkylation sites (N-methyl/N-ethyl adjacent to an activating group) is 1. The second-order valence-electron chi connectivity index (χ2n) is 6.61. The Hall–Kier alpha value is -2.48. The smallest absolute Gasteiger partial charge is 0.341 e. The molecule has 0 saturated carbocycles. The van der Waals surface area contributed by atoms with E-state index in [4.69, 9.17) is 4.74 Å². The molecule has 8 heteroatoms. The lowest BCUT2D eigenvalue weighted by Crippen LogP contribution is -2.46. The number of esters is 1. The molecule has 144 valence electrons. The van der Waals surface area contributed by atoms with Crippen molar-refractivity contribution in [2.75, 3.05) is 18.1 Å². The number of carbonyl (C=O) groups is 2. The lowest BCUT2D eigenvalue weighted by molar-refractivity contribution is -0.141. The minimum absolute atomic E-state index is 0.0412. The van der Waals surface area contributed by atoms with Gasteiger partial charge in [0.25, 0.3) is 5.91 Å². The third-order valence-electron chi connectivity index (χ3n) is 4.76. The van der Waals surface area contributed by atoms with Crippen LogP contribution < -0.4 is 0 Å². The maximum Gasteiger partial charge on any atom is 0.341 e.